The second kappa shape index (κ2) is 9.69. The van der Waals surface area contributed by atoms with E-state index < -0.39 is 9.84 Å². The van der Waals surface area contributed by atoms with Gasteiger partial charge in [-0.1, -0.05) is 18.2 Å². The number of hydrogen-bond donors (Lipinski definition) is 2. The molecule has 2 heterocycles. The highest BCUT2D eigenvalue weighted by atomic mass is 32.2. The second-order valence-electron chi connectivity index (χ2n) is 6.78. The summed E-state index contributed by atoms with van der Waals surface area (Å²) >= 11 is 0. The van der Waals surface area contributed by atoms with Gasteiger partial charge in [-0.3, -0.25) is 4.99 Å². The van der Waals surface area contributed by atoms with Gasteiger partial charge in [0.15, 0.2) is 27.4 Å². The third-order valence-corrected chi connectivity index (χ3v) is 6.35. The first-order chi connectivity index (χ1) is 14.0. The monoisotopic (exact) mass is 419 g/mol. The summed E-state index contributed by atoms with van der Waals surface area (Å²) in [5.41, 5.74) is 0. The molecule has 29 heavy (non-hydrogen) atoms. The summed E-state index contributed by atoms with van der Waals surface area (Å²) in [4.78, 5) is 10.7. The molecule has 1 atom stereocenters. The van der Waals surface area contributed by atoms with E-state index in [1.165, 1.54) is 6.07 Å². The number of aliphatic imine (C=N–C) groups is 1. The molecule has 1 saturated heterocycles. The van der Waals surface area contributed by atoms with E-state index in [9.17, 15) is 12.8 Å². The van der Waals surface area contributed by atoms with Crippen molar-refractivity contribution >= 4 is 21.6 Å². The van der Waals surface area contributed by atoms with Gasteiger partial charge in [0.2, 0.25) is 0 Å². The van der Waals surface area contributed by atoms with Crippen molar-refractivity contribution in [3.05, 3.63) is 54.5 Å². The molecule has 1 aliphatic heterocycles. The lowest BCUT2D eigenvalue weighted by Gasteiger charge is -2.20. The molecule has 1 aromatic heterocycles. The van der Waals surface area contributed by atoms with Crippen LogP contribution in [0.1, 0.15) is 13.3 Å². The topological polar surface area (TPSA) is 86.7 Å². The fourth-order valence-electron chi connectivity index (χ4n) is 3.22. The molecule has 1 fully saturated rings. The maximum atomic E-state index is 14.0. The molecule has 2 N–H and O–H groups in total. The van der Waals surface area contributed by atoms with Crippen LogP contribution in [0.3, 0.4) is 0 Å². The molecule has 1 aliphatic rings. The van der Waals surface area contributed by atoms with Crippen LogP contribution in [0.2, 0.25) is 0 Å². The molecule has 7 nitrogen and oxygen atoms in total. The van der Waals surface area contributed by atoms with Gasteiger partial charge in [-0.05, 0) is 37.6 Å². The van der Waals surface area contributed by atoms with Gasteiger partial charge in [0.05, 0.1) is 17.2 Å². The summed E-state index contributed by atoms with van der Waals surface area (Å²) in [5.74, 6) is 0.514. The number of sulfone groups is 1. The van der Waals surface area contributed by atoms with Crippen LogP contribution >= 0.6 is 0 Å². The van der Waals surface area contributed by atoms with E-state index in [1.54, 1.807) is 42.6 Å². The van der Waals surface area contributed by atoms with Gasteiger partial charge >= 0.3 is 0 Å². The van der Waals surface area contributed by atoms with E-state index in [0.717, 1.165) is 6.42 Å². The zero-order valence-electron chi connectivity index (χ0n) is 16.4. The van der Waals surface area contributed by atoms with Crippen molar-refractivity contribution in [3.8, 4) is 0 Å². The number of aromatic nitrogens is 1. The van der Waals surface area contributed by atoms with E-state index in [4.69, 9.17) is 0 Å². The third kappa shape index (κ3) is 5.66. The first-order valence-electron chi connectivity index (χ1n) is 9.67. The third-order valence-electron chi connectivity index (χ3n) is 4.64. The Kier molecular flexibility index (Phi) is 7.03. The Morgan fingerprint density at radius 1 is 1.28 bits per heavy atom. The van der Waals surface area contributed by atoms with Crippen molar-refractivity contribution in [1.29, 1.82) is 0 Å². The Hall–Kier alpha value is -2.68. The Morgan fingerprint density at radius 2 is 2.07 bits per heavy atom. The van der Waals surface area contributed by atoms with E-state index in [-0.39, 0.29) is 24.2 Å². The molecular formula is C20H26FN5O2S. The number of rotatable bonds is 7. The van der Waals surface area contributed by atoms with Crippen LogP contribution in [-0.4, -0.2) is 57.3 Å². The lowest BCUT2D eigenvalue weighted by Crippen LogP contribution is -2.45. The minimum absolute atomic E-state index is 0.0659. The molecular weight excluding hydrogens is 393 g/mol. The van der Waals surface area contributed by atoms with Crippen LogP contribution in [0, 0.1) is 5.82 Å². The Bertz CT molecular complexity index is 937. The first-order valence-corrected chi connectivity index (χ1v) is 11.3. The SMILES string of the molecule is CCNC(=NCCS(=O)(=O)c1ccccc1)NC1CCN(c2ncccc2F)C1. The van der Waals surface area contributed by atoms with Crippen LogP contribution in [-0.2, 0) is 9.84 Å². The predicted molar refractivity (Wildman–Crippen MR) is 112 cm³/mol. The number of guanidine groups is 1. The molecule has 9 heteroatoms. The molecule has 3 rings (SSSR count). The van der Waals surface area contributed by atoms with Crippen LogP contribution in [0.5, 0.6) is 0 Å². The second-order valence-corrected chi connectivity index (χ2v) is 8.89. The molecule has 0 radical (unpaired) electrons. The first kappa shape index (κ1) is 21.0. The Labute approximate surface area is 171 Å². The van der Waals surface area contributed by atoms with Gasteiger partial charge in [0.25, 0.3) is 0 Å². The van der Waals surface area contributed by atoms with Gasteiger partial charge in [-0.2, -0.15) is 0 Å². The van der Waals surface area contributed by atoms with Crippen LogP contribution in [0.15, 0.2) is 58.5 Å². The molecule has 2 aromatic rings. The minimum Gasteiger partial charge on any atom is -0.357 e. The smallest absolute Gasteiger partial charge is 0.191 e. The summed E-state index contributed by atoms with van der Waals surface area (Å²) < 4.78 is 38.7. The molecule has 1 unspecified atom stereocenters. The molecule has 0 bridgehead atoms. The maximum Gasteiger partial charge on any atom is 0.191 e. The normalized spacial score (nSPS) is 17.4. The van der Waals surface area contributed by atoms with Gasteiger partial charge < -0.3 is 15.5 Å². The molecule has 1 aromatic carbocycles. The Balaban J connectivity index is 1.58. The summed E-state index contributed by atoms with van der Waals surface area (Å²) in [7, 11) is -3.37. The fraction of sp³-hybridized carbons (Fsp3) is 0.400. The zero-order valence-corrected chi connectivity index (χ0v) is 17.2. The summed E-state index contributed by atoms with van der Waals surface area (Å²) in [5, 5.41) is 6.45. The van der Waals surface area contributed by atoms with E-state index >= 15 is 0 Å². The van der Waals surface area contributed by atoms with Crippen molar-refractivity contribution < 1.29 is 12.8 Å². The number of anilines is 1. The molecule has 156 valence electrons. The van der Waals surface area contributed by atoms with Crippen molar-refractivity contribution in [2.45, 2.75) is 24.3 Å². The van der Waals surface area contributed by atoms with E-state index in [0.29, 0.717) is 36.3 Å². The summed E-state index contributed by atoms with van der Waals surface area (Å²) in [6.45, 7) is 4.04. The van der Waals surface area contributed by atoms with E-state index in [2.05, 4.69) is 20.6 Å². The van der Waals surface area contributed by atoms with Gasteiger partial charge in [-0.25, -0.2) is 17.8 Å². The maximum absolute atomic E-state index is 14.0. The van der Waals surface area contributed by atoms with Crippen molar-refractivity contribution in [2.75, 3.05) is 36.8 Å². The predicted octanol–water partition coefficient (Wildman–Crippen LogP) is 1.83. The number of nitrogens with one attached hydrogen (secondary N) is 2. The Morgan fingerprint density at radius 3 is 2.79 bits per heavy atom. The highest BCUT2D eigenvalue weighted by Crippen LogP contribution is 2.20. The lowest BCUT2D eigenvalue weighted by atomic mass is 10.3. The van der Waals surface area contributed by atoms with Gasteiger partial charge in [0, 0.05) is 31.9 Å². The number of halogens is 1. The zero-order chi connectivity index (χ0) is 20.7. The van der Waals surface area contributed by atoms with Gasteiger partial charge in [0.1, 0.15) is 0 Å². The van der Waals surface area contributed by atoms with Crippen molar-refractivity contribution in [2.24, 2.45) is 4.99 Å². The van der Waals surface area contributed by atoms with Crippen LogP contribution < -0.4 is 15.5 Å². The highest BCUT2D eigenvalue weighted by Gasteiger charge is 2.26. The molecule has 0 aliphatic carbocycles. The largest absolute Gasteiger partial charge is 0.357 e. The van der Waals surface area contributed by atoms with E-state index in [1.807, 2.05) is 11.8 Å². The average molecular weight is 420 g/mol. The standard InChI is InChI=1S/C20H26FN5O2S/c1-2-22-20(24-12-14-29(27,28)17-7-4-3-5-8-17)25-16-10-13-26(15-16)19-18(21)9-6-11-23-19/h3-9,11,16H,2,10,12-15H2,1H3,(H2,22,24,25). The lowest BCUT2D eigenvalue weighted by molar-refractivity contribution is 0.595. The highest BCUT2D eigenvalue weighted by molar-refractivity contribution is 7.91. The van der Waals surface area contributed by atoms with Crippen molar-refractivity contribution in [1.82, 2.24) is 15.6 Å². The average Bonchev–Trinajstić information content (AvgIpc) is 3.17. The summed E-state index contributed by atoms with van der Waals surface area (Å²) in [6, 6.07) is 11.4. The number of nitrogens with zero attached hydrogens (tertiary/aromatic N) is 3. The fourth-order valence-corrected chi connectivity index (χ4v) is 4.36. The number of hydrogen-bond acceptors (Lipinski definition) is 5. The summed E-state index contributed by atoms with van der Waals surface area (Å²) in [6.07, 6.45) is 2.39. The number of benzene rings is 1. The molecule has 0 saturated carbocycles. The minimum atomic E-state index is -3.37. The van der Waals surface area contributed by atoms with Crippen molar-refractivity contribution in [3.63, 3.8) is 0 Å². The van der Waals surface area contributed by atoms with Crippen LogP contribution in [0.25, 0.3) is 0 Å². The number of pyridine rings is 1. The molecule has 0 amide bonds. The van der Waals surface area contributed by atoms with Gasteiger partial charge in [-0.15, -0.1) is 0 Å². The van der Waals surface area contributed by atoms with Crippen LogP contribution in [0.4, 0.5) is 10.2 Å². The quantitative estimate of drug-likeness (QED) is 0.526. The molecule has 0 spiro atoms.